The largest absolute Gasteiger partial charge is 0.480 e. The topological polar surface area (TPSA) is 131 Å². The number of amides is 2. The van der Waals surface area contributed by atoms with Crippen molar-refractivity contribution >= 4 is 17.8 Å². The van der Waals surface area contributed by atoms with Crippen LogP contribution >= 0.6 is 0 Å². The van der Waals surface area contributed by atoms with E-state index in [0.717, 1.165) is 5.56 Å². The molecule has 0 radical (unpaired) electrons. The number of nitrogens with zero attached hydrogens (tertiary/aromatic N) is 1. The maximum atomic E-state index is 12.5. The summed E-state index contributed by atoms with van der Waals surface area (Å²) in [6, 6.07) is 1.01. The van der Waals surface area contributed by atoms with Crippen LogP contribution in [0.1, 0.15) is 38.3 Å². The molecule has 0 fully saturated rings. The molecule has 0 spiro atoms. The fraction of sp³-hybridized carbons (Fsp3) is 0.500. The molecular weight excluding hydrogens is 314 g/mol. The number of pyridine rings is 1. The standard InChI is InChI=1S/C16H23N3O5/c1-9(2)14(19-7-6-10(3)8-13(19)21)15(22)18-11(16(23)24)4-5-12(17)20/h6-9,11,14H,4-5H2,1-3H3,(H2,17,20)(H,18,22)(H,23,24). The lowest BCUT2D eigenvalue weighted by Gasteiger charge is -2.24. The minimum absolute atomic E-state index is 0.107. The van der Waals surface area contributed by atoms with E-state index >= 15 is 0 Å². The average Bonchev–Trinajstić information content (AvgIpc) is 2.45. The van der Waals surface area contributed by atoms with E-state index in [-0.39, 0.29) is 24.3 Å². The number of nitrogens with two attached hydrogens (primary N) is 1. The monoisotopic (exact) mass is 337 g/mol. The zero-order valence-corrected chi connectivity index (χ0v) is 14.0. The number of hydrogen-bond acceptors (Lipinski definition) is 4. The number of nitrogens with one attached hydrogen (secondary N) is 1. The summed E-state index contributed by atoms with van der Waals surface area (Å²) in [5, 5.41) is 11.6. The zero-order valence-electron chi connectivity index (χ0n) is 14.0. The third kappa shape index (κ3) is 5.22. The summed E-state index contributed by atoms with van der Waals surface area (Å²) in [5.74, 6) is -2.74. The van der Waals surface area contributed by atoms with Gasteiger partial charge in [0.05, 0.1) is 0 Å². The van der Waals surface area contributed by atoms with Crippen LogP contribution in [0.25, 0.3) is 0 Å². The van der Waals surface area contributed by atoms with Crippen molar-refractivity contribution in [2.45, 2.75) is 45.7 Å². The van der Waals surface area contributed by atoms with Crippen molar-refractivity contribution in [2.75, 3.05) is 0 Å². The zero-order chi connectivity index (χ0) is 18.4. The molecule has 2 unspecified atom stereocenters. The normalized spacial score (nSPS) is 13.3. The molecule has 1 aromatic heterocycles. The maximum Gasteiger partial charge on any atom is 0.326 e. The maximum absolute atomic E-state index is 12.5. The SMILES string of the molecule is Cc1ccn(C(C(=O)NC(CCC(N)=O)C(=O)O)C(C)C)c(=O)c1. The Morgan fingerprint density at radius 2 is 1.96 bits per heavy atom. The van der Waals surface area contributed by atoms with Gasteiger partial charge < -0.3 is 20.7 Å². The van der Waals surface area contributed by atoms with E-state index in [2.05, 4.69) is 5.32 Å². The number of carbonyl (C=O) groups is 3. The Balaban J connectivity index is 3.03. The van der Waals surface area contributed by atoms with Crippen LogP contribution in [0.15, 0.2) is 23.1 Å². The minimum atomic E-state index is -1.26. The second-order valence-electron chi connectivity index (χ2n) is 6.04. The molecule has 8 nitrogen and oxygen atoms in total. The first-order valence-electron chi connectivity index (χ1n) is 7.63. The highest BCUT2D eigenvalue weighted by Crippen LogP contribution is 2.17. The summed E-state index contributed by atoms with van der Waals surface area (Å²) in [4.78, 5) is 46.7. The van der Waals surface area contributed by atoms with Crippen LogP contribution in [0, 0.1) is 12.8 Å². The molecule has 2 atom stereocenters. The summed E-state index contributed by atoms with van der Waals surface area (Å²) < 4.78 is 1.28. The van der Waals surface area contributed by atoms with Gasteiger partial charge in [-0.15, -0.1) is 0 Å². The highest BCUT2D eigenvalue weighted by molar-refractivity contribution is 5.86. The van der Waals surface area contributed by atoms with Gasteiger partial charge in [0.15, 0.2) is 0 Å². The van der Waals surface area contributed by atoms with E-state index < -0.39 is 29.9 Å². The number of aliphatic carboxylic acids is 1. The van der Waals surface area contributed by atoms with Gasteiger partial charge in [-0.25, -0.2) is 4.79 Å². The third-order valence-corrected chi connectivity index (χ3v) is 3.60. The van der Waals surface area contributed by atoms with E-state index in [1.54, 1.807) is 26.8 Å². The van der Waals surface area contributed by atoms with Crippen LogP contribution in [0.2, 0.25) is 0 Å². The molecule has 4 N–H and O–H groups in total. The van der Waals surface area contributed by atoms with Gasteiger partial charge in [0.2, 0.25) is 11.8 Å². The van der Waals surface area contributed by atoms with Crippen molar-refractivity contribution in [3.63, 3.8) is 0 Å². The Bertz CT molecular complexity index is 681. The first-order valence-corrected chi connectivity index (χ1v) is 7.63. The molecule has 1 heterocycles. The molecule has 24 heavy (non-hydrogen) atoms. The number of rotatable bonds is 8. The molecule has 0 aliphatic carbocycles. The molecule has 0 aliphatic heterocycles. The molecule has 8 heteroatoms. The first kappa shape index (κ1) is 19.4. The predicted molar refractivity (Wildman–Crippen MR) is 87.3 cm³/mol. The Morgan fingerprint density at radius 3 is 2.42 bits per heavy atom. The van der Waals surface area contributed by atoms with E-state index in [1.165, 1.54) is 16.8 Å². The average molecular weight is 337 g/mol. The highest BCUT2D eigenvalue weighted by Gasteiger charge is 2.29. The summed E-state index contributed by atoms with van der Waals surface area (Å²) in [6.07, 6.45) is 1.25. The van der Waals surface area contributed by atoms with Crippen LogP contribution in [0.4, 0.5) is 0 Å². The van der Waals surface area contributed by atoms with Crippen LogP contribution in [-0.2, 0) is 14.4 Å². The Morgan fingerprint density at radius 1 is 1.33 bits per heavy atom. The highest BCUT2D eigenvalue weighted by atomic mass is 16.4. The summed E-state index contributed by atoms with van der Waals surface area (Å²) in [5.41, 5.74) is 5.44. The lowest BCUT2D eigenvalue weighted by molar-refractivity contribution is -0.143. The van der Waals surface area contributed by atoms with Gasteiger partial charge in [0.25, 0.3) is 5.56 Å². The van der Waals surface area contributed by atoms with Gasteiger partial charge in [0.1, 0.15) is 12.1 Å². The molecule has 2 amide bonds. The fourth-order valence-corrected chi connectivity index (χ4v) is 2.37. The lowest BCUT2D eigenvalue weighted by atomic mass is 10.0. The van der Waals surface area contributed by atoms with E-state index in [1.807, 2.05) is 0 Å². The van der Waals surface area contributed by atoms with Gasteiger partial charge in [0, 0.05) is 18.7 Å². The van der Waals surface area contributed by atoms with Gasteiger partial charge >= 0.3 is 5.97 Å². The van der Waals surface area contributed by atoms with E-state index in [0.29, 0.717) is 0 Å². The summed E-state index contributed by atoms with van der Waals surface area (Å²) in [7, 11) is 0. The van der Waals surface area contributed by atoms with Crippen molar-refractivity contribution in [1.29, 1.82) is 0 Å². The molecule has 1 aromatic rings. The molecule has 0 aromatic carbocycles. The second-order valence-corrected chi connectivity index (χ2v) is 6.04. The van der Waals surface area contributed by atoms with Crippen LogP contribution in [0.5, 0.6) is 0 Å². The lowest BCUT2D eigenvalue weighted by Crippen LogP contribution is -2.47. The van der Waals surface area contributed by atoms with E-state index in [4.69, 9.17) is 5.73 Å². The number of carbonyl (C=O) groups excluding carboxylic acids is 2. The molecule has 0 aliphatic rings. The number of aryl methyl sites for hydroxylation is 1. The number of primary amides is 1. The summed E-state index contributed by atoms with van der Waals surface area (Å²) >= 11 is 0. The van der Waals surface area contributed by atoms with Crippen molar-refractivity contribution in [2.24, 2.45) is 11.7 Å². The molecule has 0 saturated heterocycles. The van der Waals surface area contributed by atoms with Crippen LogP contribution in [0.3, 0.4) is 0 Å². The molecule has 0 bridgehead atoms. The van der Waals surface area contributed by atoms with Gasteiger partial charge in [-0.3, -0.25) is 14.4 Å². The minimum Gasteiger partial charge on any atom is -0.480 e. The molecule has 0 saturated carbocycles. The van der Waals surface area contributed by atoms with Crippen LogP contribution in [-0.4, -0.2) is 33.5 Å². The molecule has 132 valence electrons. The van der Waals surface area contributed by atoms with Gasteiger partial charge in [-0.05, 0) is 30.9 Å². The van der Waals surface area contributed by atoms with Crippen molar-refractivity contribution < 1.29 is 19.5 Å². The Hall–Kier alpha value is -2.64. The van der Waals surface area contributed by atoms with Gasteiger partial charge in [-0.1, -0.05) is 13.8 Å². The third-order valence-electron chi connectivity index (χ3n) is 3.60. The smallest absolute Gasteiger partial charge is 0.326 e. The quantitative estimate of drug-likeness (QED) is 0.623. The molecular formula is C16H23N3O5. The van der Waals surface area contributed by atoms with E-state index in [9.17, 15) is 24.3 Å². The van der Waals surface area contributed by atoms with Crippen LogP contribution < -0.4 is 16.6 Å². The summed E-state index contributed by atoms with van der Waals surface area (Å²) in [6.45, 7) is 5.28. The first-order chi connectivity index (χ1) is 11.1. The second kappa shape index (κ2) is 8.28. The number of carboxylic acid groups (broad SMARTS) is 1. The Labute approximate surface area is 139 Å². The van der Waals surface area contributed by atoms with Gasteiger partial charge in [-0.2, -0.15) is 0 Å². The molecule has 1 rings (SSSR count). The van der Waals surface area contributed by atoms with Crippen molar-refractivity contribution in [3.05, 3.63) is 34.2 Å². The van der Waals surface area contributed by atoms with Crippen molar-refractivity contribution in [1.82, 2.24) is 9.88 Å². The Kier molecular flexibility index (Phi) is 6.69. The fourth-order valence-electron chi connectivity index (χ4n) is 2.37. The number of carboxylic acids is 1. The predicted octanol–water partition coefficient (Wildman–Crippen LogP) is 0.189. The van der Waals surface area contributed by atoms with Crippen molar-refractivity contribution in [3.8, 4) is 0 Å². The number of hydrogen-bond donors (Lipinski definition) is 3. The number of aromatic nitrogens is 1.